The van der Waals surface area contributed by atoms with Gasteiger partial charge in [-0.25, -0.2) is 0 Å². The first kappa shape index (κ1) is 8.79. The van der Waals surface area contributed by atoms with Gasteiger partial charge in [-0.2, -0.15) is 0 Å². The molecule has 0 aliphatic rings. The quantitative estimate of drug-likeness (QED) is 0.512. The average molecular weight is 228 g/mol. The molecule has 0 radical (unpaired) electrons. The second-order valence-corrected chi connectivity index (χ2v) is 5.75. The van der Waals surface area contributed by atoms with Crippen LogP contribution in [-0.2, 0) is 0 Å². The fourth-order valence-corrected chi connectivity index (χ4v) is 3.11. The molecule has 0 aliphatic carbocycles. The van der Waals surface area contributed by atoms with Gasteiger partial charge in [0.25, 0.3) is 0 Å². The third kappa shape index (κ3) is 6.79. The molecule has 0 heterocycles. The van der Waals surface area contributed by atoms with E-state index in [1.807, 2.05) is 0 Å². The van der Waals surface area contributed by atoms with E-state index < -0.39 is 0 Å². The normalized spacial score (nSPS) is 10.5. The molecule has 0 aromatic rings. The third-order valence-electron chi connectivity index (χ3n) is 0.800. The number of rotatable bonds is 4. The summed E-state index contributed by atoms with van der Waals surface area (Å²) in [6.45, 7) is 6.92. The van der Waals surface area contributed by atoms with E-state index in [2.05, 4.69) is 20.8 Å². The molecule has 0 atom stereocenters. The fraction of sp³-hybridized carbons (Fsp3) is 1.00. The maximum atomic E-state index is 2.32. The molecular weight excluding hydrogens is 212 g/mol. The van der Waals surface area contributed by atoms with E-state index in [0.717, 1.165) is 5.92 Å². The molecule has 8 heavy (non-hydrogen) atoms. The molecule has 0 bridgehead atoms. The summed E-state index contributed by atoms with van der Waals surface area (Å²) in [5, 5.41) is 0. The summed E-state index contributed by atoms with van der Waals surface area (Å²) in [4.78, 5) is 0. The number of hydrogen-bond donors (Lipinski definition) is 0. The van der Waals surface area contributed by atoms with E-state index in [1.54, 1.807) is 8.94 Å². The Balaban J connectivity index is 2.72. The maximum absolute atomic E-state index is 2.32. The Morgan fingerprint density at radius 3 is 2.38 bits per heavy atom. The van der Waals surface area contributed by atoms with Gasteiger partial charge < -0.3 is 0 Å². The molecule has 0 amide bonds. The van der Waals surface area contributed by atoms with Crippen LogP contribution in [0.25, 0.3) is 0 Å². The molecule has 0 saturated heterocycles. The van der Waals surface area contributed by atoms with Crippen LogP contribution in [0.5, 0.6) is 0 Å². The van der Waals surface area contributed by atoms with Crippen LogP contribution in [0.3, 0.4) is 0 Å². The van der Waals surface area contributed by atoms with Crippen molar-refractivity contribution in [3.8, 4) is 0 Å². The van der Waals surface area contributed by atoms with Crippen molar-refractivity contribution < 1.29 is 0 Å². The van der Waals surface area contributed by atoms with Gasteiger partial charge in [-0.1, -0.05) is 0 Å². The summed E-state index contributed by atoms with van der Waals surface area (Å²) in [6.07, 6.45) is 1.41. The molecule has 0 nitrogen and oxygen atoms in total. The van der Waals surface area contributed by atoms with Crippen molar-refractivity contribution in [2.24, 2.45) is 5.92 Å². The zero-order valence-corrected chi connectivity index (χ0v) is 8.44. The monoisotopic (exact) mass is 230 g/mol. The molecule has 50 valence electrons. The molecule has 0 aromatic carbocycles. The molecule has 0 spiro atoms. The van der Waals surface area contributed by atoms with Crippen molar-refractivity contribution in [1.29, 1.82) is 0 Å². The molecule has 0 aliphatic heterocycles. The Morgan fingerprint density at radius 1 is 1.38 bits per heavy atom. The van der Waals surface area contributed by atoms with Crippen molar-refractivity contribution in [3.63, 3.8) is 0 Å². The molecule has 0 fully saturated rings. The number of hydrogen-bond acceptors (Lipinski definition) is 0. The van der Waals surface area contributed by atoms with Crippen LogP contribution in [0.1, 0.15) is 27.2 Å². The van der Waals surface area contributed by atoms with Crippen LogP contribution in [0.4, 0.5) is 0 Å². The second kappa shape index (κ2) is 5.92. The van der Waals surface area contributed by atoms with Gasteiger partial charge in [0.2, 0.25) is 0 Å². The minimum absolute atomic E-state index is 0.432. The molecule has 0 saturated carbocycles. The SMILES string of the molecule is CCC[Te]CC(C)C. The molecule has 0 aromatic heterocycles. The Hall–Kier alpha value is 0.790. The topological polar surface area (TPSA) is 0 Å². The van der Waals surface area contributed by atoms with Gasteiger partial charge >= 0.3 is 63.0 Å². The molecule has 0 N–H and O–H groups in total. The van der Waals surface area contributed by atoms with Gasteiger partial charge in [-0.05, 0) is 0 Å². The first-order valence-electron chi connectivity index (χ1n) is 3.35. The van der Waals surface area contributed by atoms with Gasteiger partial charge in [0.15, 0.2) is 0 Å². The first-order chi connectivity index (χ1) is 3.77. The zero-order valence-electron chi connectivity index (χ0n) is 6.11. The van der Waals surface area contributed by atoms with Crippen LogP contribution in [-0.4, -0.2) is 20.9 Å². The van der Waals surface area contributed by atoms with E-state index in [9.17, 15) is 0 Å². The van der Waals surface area contributed by atoms with Crippen molar-refractivity contribution in [1.82, 2.24) is 0 Å². The van der Waals surface area contributed by atoms with Crippen molar-refractivity contribution in [2.75, 3.05) is 0 Å². The van der Waals surface area contributed by atoms with E-state index in [4.69, 9.17) is 0 Å². The zero-order chi connectivity index (χ0) is 6.41. The van der Waals surface area contributed by atoms with Gasteiger partial charge in [-0.3, -0.25) is 0 Å². The summed E-state index contributed by atoms with van der Waals surface area (Å²) in [5.41, 5.74) is 0. The first-order valence-corrected chi connectivity index (χ1v) is 6.64. The Labute approximate surface area is 63.1 Å². The Kier molecular flexibility index (Phi) is 6.50. The summed E-state index contributed by atoms with van der Waals surface area (Å²) in [5.74, 6) is 0.962. The molecule has 0 unspecified atom stereocenters. The second-order valence-electron chi connectivity index (χ2n) is 2.47. The Bertz CT molecular complexity index is 41.7. The molecular formula is C7H16Te. The van der Waals surface area contributed by atoms with Gasteiger partial charge in [-0.15, -0.1) is 0 Å². The van der Waals surface area contributed by atoms with Crippen molar-refractivity contribution >= 4 is 20.9 Å². The third-order valence-corrected chi connectivity index (χ3v) is 5.36. The van der Waals surface area contributed by atoms with Crippen LogP contribution in [0, 0.1) is 5.92 Å². The predicted molar refractivity (Wildman–Crippen MR) is 40.5 cm³/mol. The summed E-state index contributed by atoms with van der Waals surface area (Å²) >= 11 is 0.432. The summed E-state index contributed by atoms with van der Waals surface area (Å²) in [7, 11) is 0. The van der Waals surface area contributed by atoms with Crippen LogP contribution in [0.2, 0.25) is 8.94 Å². The Morgan fingerprint density at radius 2 is 2.00 bits per heavy atom. The van der Waals surface area contributed by atoms with E-state index >= 15 is 0 Å². The molecule has 0 rings (SSSR count). The van der Waals surface area contributed by atoms with E-state index in [1.165, 1.54) is 6.42 Å². The van der Waals surface area contributed by atoms with Crippen LogP contribution < -0.4 is 0 Å². The minimum atomic E-state index is 0.432. The van der Waals surface area contributed by atoms with Gasteiger partial charge in [0.05, 0.1) is 0 Å². The van der Waals surface area contributed by atoms with Crippen LogP contribution in [0.15, 0.2) is 0 Å². The average Bonchev–Trinajstić information content (AvgIpc) is 1.66. The fourth-order valence-electron chi connectivity index (χ4n) is 0.463. The standard InChI is InChI=1S/C7H16Te/c1-4-5-8-6-7(2)3/h7H,4-6H2,1-3H3. The van der Waals surface area contributed by atoms with Crippen molar-refractivity contribution in [2.45, 2.75) is 36.1 Å². The van der Waals surface area contributed by atoms with Gasteiger partial charge in [0, 0.05) is 0 Å². The summed E-state index contributed by atoms with van der Waals surface area (Å²) in [6, 6.07) is 0. The van der Waals surface area contributed by atoms with Gasteiger partial charge in [0.1, 0.15) is 0 Å². The summed E-state index contributed by atoms with van der Waals surface area (Å²) < 4.78 is 3.09. The predicted octanol–water partition coefficient (Wildman–Crippen LogP) is 2.59. The van der Waals surface area contributed by atoms with E-state index in [0.29, 0.717) is 20.9 Å². The van der Waals surface area contributed by atoms with E-state index in [-0.39, 0.29) is 0 Å². The molecule has 1 heteroatoms. The van der Waals surface area contributed by atoms with Crippen molar-refractivity contribution in [3.05, 3.63) is 0 Å². The van der Waals surface area contributed by atoms with Crippen LogP contribution >= 0.6 is 0 Å².